The van der Waals surface area contributed by atoms with E-state index in [9.17, 15) is 4.79 Å². The zero-order valence-electron chi connectivity index (χ0n) is 9.27. The van der Waals surface area contributed by atoms with Crippen LogP contribution in [0.5, 0.6) is 0 Å². The predicted molar refractivity (Wildman–Crippen MR) is 58.5 cm³/mol. The van der Waals surface area contributed by atoms with Crippen LogP contribution in [0.4, 0.5) is 0 Å². The molecule has 1 aromatic rings. The maximum Gasteiger partial charge on any atom is 0.313 e. The van der Waals surface area contributed by atoms with Gasteiger partial charge in [-0.05, 0) is 24.1 Å². The molecule has 1 aromatic heterocycles. The van der Waals surface area contributed by atoms with Crippen molar-refractivity contribution in [3.05, 3.63) is 30.1 Å². The van der Waals surface area contributed by atoms with E-state index in [0.717, 1.165) is 24.8 Å². The molecule has 3 nitrogen and oxygen atoms in total. The highest BCUT2D eigenvalue weighted by atomic mass is 16.5. The first kappa shape index (κ1) is 11.7. The van der Waals surface area contributed by atoms with Crippen molar-refractivity contribution in [1.82, 2.24) is 4.98 Å². The Morgan fingerprint density at radius 1 is 1.47 bits per heavy atom. The lowest BCUT2D eigenvalue weighted by molar-refractivity contribution is -0.142. The molecule has 0 saturated heterocycles. The van der Waals surface area contributed by atoms with Crippen LogP contribution in [-0.2, 0) is 9.53 Å². The molecule has 1 heterocycles. The third-order valence-electron chi connectivity index (χ3n) is 2.44. The number of aromatic nitrogens is 1. The Hall–Kier alpha value is -1.38. The number of pyridine rings is 1. The summed E-state index contributed by atoms with van der Waals surface area (Å²) in [6.07, 6.45) is 6.36. The minimum atomic E-state index is -0.158. The first-order valence-electron chi connectivity index (χ1n) is 5.27. The number of nitrogens with zero attached hydrogens (tertiary/aromatic N) is 1. The SMILES string of the molecule is CCCCC(C(=O)OC)c1ccncc1. The molecule has 0 amide bonds. The average Bonchev–Trinajstić information content (AvgIpc) is 2.30. The summed E-state index contributed by atoms with van der Waals surface area (Å²) in [6, 6.07) is 3.74. The summed E-state index contributed by atoms with van der Waals surface area (Å²) < 4.78 is 4.80. The molecule has 0 bridgehead atoms. The molecular weight excluding hydrogens is 190 g/mol. The van der Waals surface area contributed by atoms with Gasteiger partial charge in [-0.1, -0.05) is 19.8 Å². The summed E-state index contributed by atoms with van der Waals surface area (Å²) >= 11 is 0. The summed E-state index contributed by atoms with van der Waals surface area (Å²) in [7, 11) is 1.43. The van der Waals surface area contributed by atoms with E-state index in [1.807, 2.05) is 12.1 Å². The number of hydrogen-bond acceptors (Lipinski definition) is 3. The first-order valence-corrected chi connectivity index (χ1v) is 5.27. The van der Waals surface area contributed by atoms with Gasteiger partial charge in [0.25, 0.3) is 0 Å². The summed E-state index contributed by atoms with van der Waals surface area (Å²) in [5, 5.41) is 0. The molecule has 0 aliphatic rings. The van der Waals surface area contributed by atoms with Crippen LogP contribution in [0.1, 0.15) is 37.7 Å². The number of carbonyl (C=O) groups is 1. The number of hydrogen-bond donors (Lipinski definition) is 0. The predicted octanol–water partition coefficient (Wildman–Crippen LogP) is 2.53. The molecule has 0 fully saturated rings. The number of ether oxygens (including phenoxy) is 1. The Balaban J connectivity index is 2.76. The van der Waals surface area contributed by atoms with Crippen LogP contribution >= 0.6 is 0 Å². The summed E-state index contributed by atoms with van der Waals surface area (Å²) in [5.74, 6) is -0.299. The number of unbranched alkanes of at least 4 members (excludes halogenated alkanes) is 1. The number of carbonyl (C=O) groups excluding carboxylic acids is 1. The van der Waals surface area contributed by atoms with Crippen LogP contribution < -0.4 is 0 Å². The van der Waals surface area contributed by atoms with Gasteiger partial charge in [-0.3, -0.25) is 9.78 Å². The van der Waals surface area contributed by atoms with Crippen LogP contribution in [0, 0.1) is 0 Å². The minimum absolute atomic E-state index is 0.141. The van der Waals surface area contributed by atoms with Crippen molar-refractivity contribution in [2.75, 3.05) is 7.11 Å². The number of methoxy groups -OCH3 is 1. The lowest BCUT2D eigenvalue weighted by Crippen LogP contribution is -2.14. The second-order valence-electron chi connectivity index (χ2n) is 3.50. The van der Waals surface area contributed by atoms with Crippen LogP contribution in [0.25, 0.3) is 0 Å². The van der Waals surface area contributed by atoms with Crippen molar-refractivity contribution >= 4 is 5.97 Å². The van der Waals surface area contributed by atoms with Gasteiger partial charge in [-0.15, -0.1) is 0 Å². The van der Waals surface area contributed by atoms with Crippen molar-refractivity contribution in [3.8, 4) is 0 Å². The molecule has 1 rings (SSSR count). The van der Waals surface area contributed by atoms with E-state index in [1.165, 1.54) is 7.11 Å². The Kier molecular flexibility index (Phi) is 4.81. The molecule has 1 atom stereocenters. The van der Waals surface area contributed by atoms with Crippen molar-refractivity contribution in [3.63, 3.8) is 0 Å². The quantitative estimate of drug-likeness (QED) is 0.696. The van der Waals surface area contributed by atoms with E-state index in [0.29, 0.717) is 0 Å². The molecule has 0 aromatic carbocycles. The maximum atomic E-state index is 11.6. The van der Waals surface area contributed by atoms with Crippen molar-refractivity contribution < 1.29 is 9.53 Å². The van der Waals surface area contributed by atoms with Crippen molar-refractivity contribution in [2.24, 2.45) is 0 Å². The third kappa shape index (κ3) is 3.35. The van der Waals surface area contributed by atoms with E-state index in [1.54, 1.807) is 12.4 Å². The van der Waals surface area contributed by atoms with Crippen LogP contribution in [0.2, 0.25) is 0 Å². The first-order chi connectivity index (χ1) is 7.29. The summed E-state index contributed by atoms with van der Waals surface area (Å²) in [6.45, 7) is 2.11. The lowest BCUT2D eigenvalue weighted by Gasteiger charge is -2.13. The molecule has 0 N–H and O–H groups in total. The largest absolute Gasteiger partial charge is 0.469 e. The van der Waals surface area contributed by atoms with Gasteiger partial charge in [0.15, 0.2) is 0 Å². The van der Waals surface area contributed by atoms with Gasteiger partial charge in [0, 0.05) is 12.4 Å². The molecule has 1 unspecified atom stereocenters. The summed E-state index contributed by atoms with van der Waals surface area (Å²) in [4.78, 5) is 15.5. The maximum absolute atomic E-state index is 11.6. The van der Waals surface area contributed by atoms with Gasteiger partial charge in [0.05, 0.1) is 13.0 Å². The second kappa shape index (κ2) is 6.17. The molecule has 0 saturated carbocycles. The van der Waals surface area contributed by atoms with Gasteiger partial charge < -0.3 is 4.74 Å². The lowest BCUT2D eigenvalue weighted by atomic mass is 9.94. The van der Waals surface area contributed by atoms with E-state index < -0.39 is 0 Å². The van der Waals surface area contributed by atoms with E-state index in [-0.39, 0.29) is 11.9 Å². The van der Waals surface area contributed by atoms with Gasteiger partial charge >= 0.3 is 5.97 Å². The van der Waals surface area contributed by atoms with E-state index >= 15 is 0 Å². The fraction of sp³-hybridized carbons (Fsp3) is 0.500. The molecular formula is C12H17NO2. The molecule has 15 heavy (non-hydrogen) atoms. The van der Waals surface area contributed by atoms with Crippen LogP contribution in [0.3, 0.4) is 0 Å². The van der Waals surface area contributed by atoms with Gasteiger partial charge in [0.1, 0.15) is 0 Å². The third-order valence-corrected chi connectivity index (χ3v) is 2.44. The standard InChI is InChI=1S/C12H17NO2/c1-3-4-5-11(12(14)15-2)10-6-8-13-9-7-10/h6-9,11H,3-5H2,1-2H3. The number of esters is 1. The van der Waals surface area contributed by atoms with E-state index in [2.05, 4.69) is 11.9 Å². The average molecular weight is 207 g/mol. The van der Waals surface area contributed by atoms with Crippen molar-refractivity contribution in [2.45, 2.75) is 32.1 Å². The number of rotatable bonds is 5. The van der Waals surface area contributed by atoms with Crippen molar-refractivity contribution in [1.29, 1.82) is 0 Å². The molecule has 3 heteroatoms. The Labute approximate surface area is 90.5 Å². The highest BCUT2D eigenvalue weighted by molar-refractivity contribution is 5.77. The summed E-state index contributed by atoms with van der Waals surface area (Å²) in [5.41, 5.74) is 0.991. The molecule has 0 aliphatic heterocycles. The highest BCUT2D eigenvalue weighted by Gasteiger charge is 2.20. The van der Waals surface area contributed by atoms with Crippen LogP contribution in [-0.4, -0.2) is 18.1 Å². The van der Waals surface area contributed by atoms with Gasteiger partial charge in [0.2, 0.25) is 0 Å². The van der Waals surface area contributed by atoms with Gasteiger partial charge in [-0.25, -0.2) is 0 Å². The Bertz CT molecular complexity index is 298. The zero-order chi connectivity index (χ0) is 11.1. The monoisotopic (exact) mass is 207 g/mol. The topological polar surface area (TPSA) is 39.2 Å². The zero-order valence-corrected chi connectivity index (χ0v) is 9.27. The molecule has 82 valence electrons. The molecule has 0 spiro atoms. The fourth-order valence-electron chi connectivity index (χ4n) is 1.57. The fourth-order valence-corrected chi connectivity index (χ4v) is 1.57. The smallest absolute Gasteiger partial charge is 0.313 e. The van der Waals surface area contributed by atoms with Gasteiger partial charge in [-0.2, -0.15) is 0 Å². The highest BCUT2D eigenvalue weighted by Crippen LogP contribution is 2.22. The van der Waals surface area contributed by atoms with E-state index in [4.69, 9.17) is 4.74 Å². The van der Waals surface area contributed by atoms with Crippen LogP contribution in [0.15, 0.2) is 24.5 Å². The molecule has 0 radical (unpaired) electrons. The Morgan fingerprint density at radius 3 is 2.67 bits per heavy atom. The second-order valence-corrected chi connectivity index (χ2v) is 3.50. The Morgan fingerprint density at radius 2 is 2.13 bits per heavy atom. The minimum Gasteiger partial charge on any atom is -0.469 e. The normalized spacial score (nSPS) is 12.1. The molecule has 0 aliphatic carbocycles.